The highest BCUT2D eigenvalue weighted by atomic mass is 79.9. The van der Waals surface area contributed by atoms with Crippen molar-refractivity contribution < 1.29 is 4.79 Å². The van der Waals surface area contributed by atoms with Crippen LogP contribution in [0.1, 0.15) is 10.4 Å². The molecule has 1 aromatic heterocycles. The molecule has 1 N–H and O–H groups in total. The van der Waals surface area contributed by atoms with Crippen LogP contribution in [0, 0.1) is 0 Å². The van der Waals surface area contributed by atoms with Gasteiger partial charge in [0.1, 0.15) is 5.56 Å². The lowest BCUT2D eigenvalue weighted by molar-refractivity contribution is 0.102. The number of anilines is 1. The lowest BCUT2D eigenvalue weighted by Gasteiger charge is -2.08. The second-order valence-corrected chi connectivity index (χ2v) is 7.40. The van der Waals surface area contributed by atoms with Crippen LogP contribution < -0.4 is 10.9 Å². The van der Waals surface area contributed by atoms with Crippen LogP contribution >= 0.6 is 27.7 Å². The van der Waals surface area contributed by atoms with Crippen molar-refractivity contribution in [2.75, 3.05) is 11.1 Å². The normalized spacial score (nSPS) is 13.0. The predicted octanol–water partition coefficient (Wildman–Crippen LogP) is 3.52. The first-order valence-corrected chi connectivity index (χ1v) is 9.13. The molecule has 120 valence electrons. The minimum atomic E-state index is -0.434. The van der Waals surface area contributed by atoms with Gasteiger partial charge in [-0.15, -0.1) is 0 Å². The van der Waals surface area contributed by atoms with E-state index in [1.165, 1.54) is 18.0 Å². The van der Waals surface area contributed by atoms with Crippen molar-refractivity contribution >= 4 is 50.1 Å². The minimum Gasteiger partial charge on any atom is -0.322 e. The van der Waals surface area contributed by atoms with Gasteiger partial charge >= 0.3 is 0 Å². The quantitative estimate of drug-likeness (QED) is 0.667. The monoisotopic (exact) mass is 401 g/mol. The number of carbonyl (C=O) groups excluding carboxylic acids is 1. The lowest BCUT2D eigenvalue weighted by atomic mass is 10.1. The summed E-state index contributed by atoms with van der Waals surface area (Å²) in [7, 11) is 0. The van der Waals surface area contributed by atoms with Crippen molar-refractivity contribution in [2.45, 2.75) is 11.7 Å². The average molecular weight is 402 g/mol. The van der Waals surface area contributed by atoms with Crippen molar-refractivity contribution in [3.8, 4) is 0 Å². The standard InChI is InChI=1S/C17H12BrN3O2S/c18-12-3-1-11-8-13(4-2-10(11)7-12)20-15(22)14-9-19-17-21(16(14)23)5-6-24-17/h1-4,7-9H,5-6H2,(H,20,22). The van der Waals surface area contributed by atoms with Gasteiger partial charge in [0.05, 0.1) is 0 Å². The van der Waals surface area contributed by atoms with E-state index in [9.17, 15) is 9.59 Å². The number of rotatable bonds is 2. The molecule has 0 unspecified atom stereocenters. The summed E-state index contributed by atoms with van der Waals surface area (Å²) in [6, 6.07) is 11.6. The molecule has 1 amide bonds. The summed E-state index contributed by atoms with van der Waals surface area (Å²) < 4.78 is 2.55. The van der Waals surface area contributed by atoms with Crippen LogP contribution in [0.4, 0.5) is 5.69 Å². The predicted molar refractivity (Wildman–Crippen MR) is 98.8 cm³/mol. The number of hydrogen-bond acceptors (Lipinski definition) is 4. The minimum absolute atomic E-state index is 0.0668. The summed E-state index contributed by atoms with van der Waals surface area (Å²) in [5, 5.41) is 5.54. The van der Waals surface area contributed by atoms with Gasteiger partial charge in [0.15, 0.2) is 5.16 Å². The fourth-order valence-corrected chi connectivity index (χ4v) is 3.96. The zero-order valence-electron chi connectivity index (χ0n) is 12.5. The molecule has 5 nitrogen and oxygen atoms in total. The molecule has 0 radical (unpaired) electrons. The maximum atomic E-state index is 12.4. The van der Waals surface area contributed by atoms with Crippen LogP contribution in [0.2, 0.25) is 0 Å². The highest BCUT2D eigenvalue weighted by Gasteiger charge is 2.20. The Bertz CT molecular complexity index is 1030. The number of hydrogen-bond donors (Lipinski definition) is 1. The molecule has 0 atom stereocenters. The Hall–Kier alpha value is -2.12. The van der Waals surface area contributed by atoms with Crippen molar-refractivity contribution in [1.29, 1.82) is 0 Å². The molecule has 2 heterocycles. The SMILES string of the molecule is O=C(Nc1ccc2cc(Br)ccc2c1)c1cnc2n(c1=O)CCS2. The summed E-state index contributed by atoms with van der Waals surface area (Å²) in [6.45, 7) is 0.595. The number of thioether (sulfide) groups is 1. The summed E-state index contributed by atoms with van der Waals surface area (Å²) in [6.07, 6.45) is 1.36. The van der Waals surface area contributed by atoms with Crippen LogP contribution in [0.25, 0.3) is 10.8 Å². The maximum Gasteiger partial charge on any atom is 0.267 e. The van der Waals surface area contributed by atoms with Crippen molar-refractivity contribution in [3.63, 3.8) is 0 Å². The summed E-state index contributed by atoms with van der Waals surface area (Å²) in [5.41, 5.74) is 0.429. The van der Waals surface area contributed by atoms with E-state index in [-0.39, 0.29) is 11.1 Å². The Kier molecular flexibility index (Phi) is 3.90. The number of nitrogens with zero attached hydrogens (tertiary/aromatic N) is 2. The number of nitrogens with one attached hydrogen (secondary N) is 1. The molecule has 0 bridgehead atoms. The van der Waals surface area contributed by atoms with Gasteiger partial charge in [-0.3, -0.25) is 14.2 Å². The third-order valence-corrected chi connectivity index (χ3v) is 5.33. The van der Waals surface area contributed by atoms with E-state index in [4.69, 9.17) is 0 Å². The molecular weight excluding hydrogens is 390 g/mol. The van der Waals surface area contributed by atoms with Gasteiger partial charge in [-0.2, -0.15) is 0 Å². The number of amides is 1. The molecule has 24 heavy (non-hydrogen) atoms. The Morgan fingerprint density at radius 2 is 2.00 bits per heavy atom. The Morgan fingerprint density at radius 3 is 2.88 bits per heavy atom. The molecule has 2 aromatic carbocycles. The van der Waals surface area contributed by atoms with Crippen molar-refractivity contribution in [3.05, 3.63) is 63.0 Å². The van der Waals surface area contributed by atoms with Gasteiger partial charge in [0.25, 0.3) is 11.5 Å². The molecule has 0 aliphatic carbocycles. The molecule has 0 saturated heterocycles. The van der Waals surface area contributed by atoms with Gasteiger partial charge in [-0.1, -0.05) is 39.8 Å². The molecule has 4 rings (SSSR count). The average Bonchev–Trinajstić information content (AvgIpc) is 3.05. The van der Waals surface area contributed by atoms with Gasteiger partial charge in [0.2, 0.25) is 0 Å². The first-order valence-electron chi connectivity index (χ1n) is 7.35. The van der Waals surface area contributed by atoms with Gasteiger partial charge in [-0.25, -0.2) is 4.98 Å². The molecule has 0 fully saturated rings. The largest absolute Gasteiger partial charge is 0.322 e. The van der Waals surface area contributed by atoms with Gasteiger partial charge in [-0.05, 0) is 35.0 Å². The Balaban J connectivity index is 1.65. The van der Waals surface area contributed by atoms with Crippen LogP contribution in [0.15, 0.2) is 57.0 Å². The Morgan fingerprint density at radius 1 is 1.21 bits per heavy atom. The maximum absolute atomic E-state index is 12.4. The first-order chi connectivity index (χ1) is 11.6. The van der Waals surface area contributed by atoms with E-state index in [1.54, 1.807) is 4.57 Å². The third kappa shape index (κ3) is 2.74. The van der Waals surface area contributed by atoms with Crippen LogP contribution in [0.5, 0.6) is 0 Å². The lowest BCUT2D eigenvalue weighted by Crippen LogP contribution is -2.29. The summed E-state index contributed by atoms with van der Waals surface area (Å²) in [4.78, 5) is 29.0. The van der Waals surface area contributed by atoms with Crippen molar-refractivity contribution in [2.24, 2.45) is 0 Å². The second kappa shape index (κ2) is 6.07. The van der Waals surface area contributed by atoms with E-state index in [0.29, 0.717) is 17.4 Å². The Labute approximate surface area is 150 Å². The van der Waals surface area contributed by atoms with Crippen LogP contribution in [0.3, 0.4) is 0 Å². The number of carbonyl (C=O) groups is 1. The molecule has 3 aromatic rings. The van der Waals surface area contributed by atoms with E-state index in [0.717, 1.165) is 21.0 Å². The number of halogens is 1. The molecular formula is C17H12BrN3O2S. The van der Waals surface area contributed by atoms with E-state index in [2.05, 4.69) is 26.2 Å². The number of fused-ring (bicyclic) bond motifs is 2. The second-order valence-electron chi connectivity index (χ2n) is 5.42. The topological polar surface area (TPSA) is 64.0 Å². The number of aromatic nitrogens is 2. The molecule has 1 aliphatic heterocycles. The zero-order chi connectivity index (χ0) is 16.7. The van der Waals surface area contributed by atoms with E-state index in [1.807, 2.05) is 36.4 Å². The molecule has 0 saturated carbocycles. The smallest absolute Gasteiger partial charge is 0.267 e. The molecule has 0 spiro atoms. The van der Waals surface area contributed by atoms with Crippen molar-refractivity contribution in [1.82, 2.24) is 9.55 Å². The number of benzene rings is 2. The van der Waals surface area contributed by atoms with E-state index < -0.39 is 5.91 Å². The fourth-order valence-electron chi connectivity index (χ4n) is 2.67. The first kappa shape index (κ1) is 15.4. The summed E-state index contributed by atoms with van der Waals surface area (Å²) >= 11 is 4.96. The fraction of sp³-hybridized carbons (Fsp3) is 0.118. The molecule has 1 aliphatic rings. The van der Waals surface area contributed by atoms with E-state index >= 15 is 0 Å². The van der Waals surface area contributed by atoms with Crippen LogP contribution in [-0.2, 0) is 6.54 Å². The third-order valence-electron chi connectivity index (χ3n) is 3.86. The summed E-state index contributed by atoms with van der Waals surface area (Å²) in [5.74, 6) is 0.379. The van der Waals surface area contributed by atoms with Crippen LogP contribution in [-0.4, -0.2) is 21.2 Å². The highest BCUT2D eigenvalue weighted by Crippen LogP contribution is 2.24. The van der Waals surface area contributed by atoms with Gasteiger partial charge < -0.3 is 5.32 Å². The highest BCUT2D eigenvalue weighted by molar-refractivity contribution is 9.10. The van der Waals surface area contributed by atoms with Gasteiger partial charge in [0, 0.05) is 28.7 Å². The zero-order valence-corrected chi connectivity index (χ0v) is 14.9. The molecule has 7 heteroatoms.